The molecule has 1 unspecified atom stereocenters. The summed E-state index contributed by atoms with van der Waals surface area (Å²) in [4.78, 5) is 11.9. The molecule has 0 saturated heterocycles. The number of carbonyl (C=O) groups is 1. The highest BCUT2D eigenvalue weighted by Crippen LogP contribution is 2.26. The van der Waals surface area contributed by atoms with Crippen molar-refractivity contribution in [2.75, 3.05) is 21.3 Å². The fraction of sp³-hybridized carbons (Fsp3) is 0.833. The second kappa shape index (κ2) is 12.5. The molecule has 0 aliphatic carbocycles. The van der Waals surface area contributed by atoms with Gasteiger partial charge in [-0.15, -0.1) is 0 Å². The highest BCUT2D eigenvalue weighted by Gasteiger charge is 2.43. The summed E-state index contributed by atoms with van der Waals surface area (Å²) >= 11 is 0. The third-order valence-corrected chi connectivity index (χ3v) is 3.92. The molecule has 0 aromatic carbocycles. The lowest BCUT2D eigenvalue weighted by atomic mass is 10.0. The summed E-state index contributed by atoms with van der Waals surface area (Å²) in [6, 6.07) is 0. The Morgan fingerprint density at radius 1 is 0.957 bits per heavy atom. The van der Waals surface area contributed by atoms with Gasteiger partial charge in [0.05, 0.1) is 0 Å². The van der Waals surface area contributed by atoms with E-state index in [-0.39, 0.29) is 0 Å². The van der Waals surface area contributed by atoms with Crippen molar-refractivity contribution >= 4 is 5.97 Å². The minimum Gasteiger partial charge on any atom is -0.450 e. The van der Waals surface area contributed by atoms with E-state index in [0.717, 1.165) is 12.8 Å². The van der Waals surface area contributed by atoms with Gasteiger partial charge in [0, 0.05) is 26.9 Å². The zero-order valence-electron chi connectivity index (χ0n) is 15.5. The standard InChI is InChI=1S/C18H34O5/c1-7-8-9-10-11-12-13-14-16(23-17(19)15(2)3)18(20-4,21-5)22-6/h16H,2,7-14H2,1,3-6H3. The first kappa shape index (κ1) is 22.1. The Bertz CT molecular complexity index is 328. The van der Waals surface area contributed by atoms with E-state index in [9.17, 15) is 4.79 Å². The SMILES string of the molecule is C=C(C)C(=O)OC(CCCCCCCCC)C(OC)(OC)OC. The predicted molar refractivity (Wildman–Crippen MR) is 91.1 cm³/mol. The molecule has 136 valence electrons. The van der Waals surface area contributed by atoms with Crippen molar-refractivity contribution < 1.29 is 23.7 Å². The number of methoxy groups -OCH3 is 3. The van der Waals surface area contributed by atoms with E-state index >= 15 is 0 Å². The van der Waals surface area contributed by atoms with Crippen molar-refractivity contribution in [1.29, 1.82) is 0 Å². The van der Waals surface area contributed by atoms with Crippen molar-refractivity contribution in [2.24, 2.45) is 0 Å². The van der Waals surface area contributed by atoms with Crippen LogP contribution in [-0.2, 0) is 23.7 Å². The van der Waals surface area contributed by atoms with E-state index in [1.165, 1.54) is 53.4 Å². The first-order chi connectivity index (χ1) is 11.0. The Kier molecular flexibility index (Phi) is 12.0. The zero-order valence-corrected chi connectivity index (χ0v) is 15.5. The number of carbonyl (C=O) groups excluding carboxylic acids is 1. The van der Waals surface area contributed by atoms with Crippen molar-refractivity contribution in [2.45, 2.75) is 77.3 Å². The highest BCUT2D eigenvalue weighted by molar-refractivity contribution is 5.87. The number of hydrogen-bond donors (Lipinski definition) is 0. The molecule has 0 spiro atoms. The van der Waals surface area contributed by atoms with Crippen LogP contribution in [0.2, 0.25) is 0 Å². The quantitative estimate of drug-likeness (QED) is 0.207. The van der Waals surface area contributed by atoms with Crippen LogP contribution in [0.1, 0.15) is 65.2 Å². The van der Waals surface area contributed by atoms with Crippen LogP contribution >= 0.6 is 0 Å². The smallest absolute Gasteiger partial charge is 0.333 e. The lowest BCUT2D eigenvalue weighted by Gasteiger charge is -2.35. The number of hydrogen-bond acceptors (Lipinski definition) is 5. The van der Waals surface area contributed by atoms with Gasteiger partial charge in [0.15, 0.2) is 6.10 Å². The second-order valence-electron chi connectivity index (χ2n) is 5.80. The molecule has 0 saturated carbocycles. The molecule has 0 fully saturated rings. The van der Waals surface area contributed by atoms with Gasteiger partial charge in [-0.3, -0.25) is 0 Å². The van der Waals surface area contributed by atoms with Crippen LogP contribution in [0.5, 0.6) is 0 Å². The Hall–Kier alpha value is -0.910. The van der Waals surface area contributed by atoms with E-state index in [1.54, 1.807) is 6.92 Å². The van der Waals surface area contributed by atoms with E-state index in [0.29, 0.717) is 12.0 Å². The molecule has 0 aromatic heterocycles. The van der Waals surface area contributed by atoms with Crippen LogP contribution in [0.3, 0.4) is 0 Å². The van der Waals surface area contributed by atoms with Gasteiger partial charge < -0.3 is 18.9 Å². The normalized spacial score (nSPS) is 12.9. The van der Waals surface area contributed by atoms with Crippen molar-refractivity contribution in [3.63, 3.8) is 0 Å². The summed E-state index contributed by atoms with van der Waals surface area (Å²) in [7, 11) is 4.41. The van der Waals surface area contributed by atoms with E-state index in [4.69, 9.17) is 18.9 Å². The second-order valence-corrected chi connectivity index (χ2v) is 5.80. The molecule has 0 bridgehead atoms. The summed E-state index contributed by atoms with van der Waals surface area (Å²) in [5.74, 6) is -1.85. The maximum Gasteiger partial charge on any atom is 0.333 e. The molecule has 0 rings (SSSR count). The van der Waals surface area contributed by atoms with Crippen molar-refractivity contribution in [3.05, 3.63) is 12.2 Å². The van der Waals surface area contributed by atoms with Crippen LogP contribution in [0, 0.1) is 0 Å². The average molecular weight is 330 g/mol. The Morgan fingerprint density at radius 3 is 1.87 bits per heavy atom. The Morgan fingerprint density at radius 2 is 1.43 bits per heavy atom. The predicted octanol–water partition coefficient (Wildman–Crippen LogP) is 4.21. The summed E-state index contributed by atoms with van der Waals surface area (Å²) < 4.78 is 21.5. The van der Waals surface area contributed by atoms with Crippen LogP contribution in [0.25, 0.3) is 0 Å². The topological polar surface area (TPSA) is 54.0 Å². The summed E-state index contributed by atoms with van der Waals surface area (Å²) in [6.07, 6.45) is 8.22. The molecule has 1 atom stereocenters. The van der Waals surface area contributed by atoms with Gasteiger partial charge in [0.1, 0.15) is 0 Å². The van der Waals surface area contributed by atoms with Crippen LogP contribution < -0.4 is 0 Å². The molecule has 0 N–H and O–H groups in total. The summed E-state index contributed by atoms with van der Waals surface area (Å²) in [5.41, 5.74) is 0.340. The molecular weight excluding hydrogens is 296 g/mol. The summed E-state index contributed by atoms with van der Waals surface area (Å²) in [6.45, 7) is 7.43. The Labute approximate surface area is 141 Å². The summed E-state index contributed by atoms with van der Waals surface area (Å²) in [5, 5.41) is 0. The highest BCUT2D eigenvalue weighted by atomic mass is 16.9. The molecule has 0 aromatic rings. The fourth-order valence-corrected chi connectivity index (χ4v) is 2.47. The van der Waals surface area contributed by atoms with Gasteiger partial charge >= 0.3 is 11.9 Å². The van der Waals surface area contributed by atoms with Gasteiger partial charge in [0.2, 0.25) is 0 Å². The molecule has 0 amide bonds. The van der Waals surface area contributed by atoms with E-state index in [2.05, 4.69) is 13.5 Å². The molecule has 5 nitrogen and oxygen atoms in total. The zero-order chi connectivity index (χ0) is 17.7. The van der Waals surface area contributed by atoms with Gasteiger partial charge in [-0.25, -0.2) is 4.79 Å². The fourth-order valence-electron chi connectivity index (χ4n) is 2.47. The maximum atomic E-state index is 11.9. The van der Waals surface area contributed by atoms with Gasteiger partial charge in [0.25, 0.3) is 0 Å². The number of esters is 1. The largest absolute Gasteiger partial charge is 0.450 e. The van der Waals surface area contributed by atoms with Crippen LogP contribution in [-0.4, -0.2) is 39.4 Å². The first-order valence-electron chi connectivity index (χ1n) is 8.49. The molecular formula is C18H34O5. The van der Waals surface area contributed by atoms with E-state index in [1.807, 2.05) is 0 Å². The molecule has 5 heteroatoms. The minimum atomic E-state index is -1.38. The molecule has 0 aliphatic heterocycles. The average Bonchev–Trinajstić information content (AvgIpc) is 2.55. The third-order valence-electron chi connectivity index (χ3n) is 3.92. The molecule has 23 heavy (non-hydrogen) atoms. The minimum absolute atomic E-state index is 0.340. The first-order valence-corrected chi connectivity index (χ1v) is 8.49. The van der Waals surface area contributed by atoms with Gasteiger partial charge in [-0.1, -0.05) is 52.0 Å². The number of unbranched alkanes of at least 4 members (excludes halogenated alkanes) is 6. The van der Waals surface area contributed by atoms with Crippen molar-refractivity contribution in [1.82, 2.24) is 0 Å². The lowest BCUT2D eigenvalue weighted by Crippen LogP contribution is -2.50. The van der Waals surface area contributed by atoms with Gasteiger partial charge in [-0.2, -0.15) is 0 Å². The van der Waals surface area contributed by atoms with Gasteiger partial charge in [-0.05, 0) is 19.8 Å². The monoisotopic (exact) mass is 330 g/mol. The number of rotatable bonds is 14. The van der Waals surface area contributed by atoms with E-state index < -0.39 is 18.0 Å². The third kappa shape index (κ3) is 7.95. The van der Waals surface area contributed by atoms with Crippen molar-refractivity contribution in [3.8, 4) is 0 Å². The number of ether oxygens (including phenoxy) is 4. The molecule has 0 heterocycles. The molecule has 0 aliphatic rings. The van der Waals surface area contributed by atoms with Crippen LogP contribution in [0.15, 0.2) is 12.2 Å². The maximum absolute atomic E-state index is 11.9. The molecule has 0 radical (unpaired) electrons. The van der Waals surface area contributed by atoms with Crippen LogP contribution in [0.4, 0.5) is 0 Å². The Balaban J connectivity index is 4.55. The lowest BCUT2D eigenvalue weighted by molar-refractivity contribution is -0.389.